The standard InChI is InChI=1S/C86H133N15O22S2/c1-7-8-9-10-11-12-13-14-15-16-17-18-19-20-21-30-71(106)89-38-37-72(107)94-59(41-51(2)3)68(103)43-54(31-34-70(87)105)79(116)97-64-49-124-47-62-63(92-57-27-23-22-26-56(57)91-62)48-125-50-65(83(120)95-60(42-52(4)5)85(122)101-40-25-29-67(101)78(88)115)98-81(118)58(33-36-75(111)112)93-73(108)46-90-84(121)77(53(6)102)99-80(117)55(32-35-74(109)110)44-69(104)66-28-24-39-100(66)86(123)61(45-76(113)114)96-82(64)119/h22-23,26-27,51-55,58-61,64-67,77,102H,7-21,24-25,28-50H2,1-6H3,(H2,87,105)(H2,88,115)(H,89,106)(H,90,121)(H,93,108)(H,94,107)(H,95,120)(H,96,119)(H,97,116)(H,98,118)(H,99,117)(H,109,110)(H,111,112)(H,113,114)/t53-,54?,55-,58+,59+,60+,61+,64+,65+,66+,67+,77+/m1/s1. The Labute approximate surface area is 738 Å². The van der Waals surface area contributed by atoms with Crippen molar-refractivity contribution < 1.29 is 107 Å². The maximum atomic E-state index is 15.2. The molecule has 2 fully saturated rings. The number of amides is 13. The van der Waals surface area contributed by atoms with Crippen LogP contribution in [0.2, 0.25) is 0 Å². The largest absolute Gasteiger partial charge is 0.481 e. The normalized spacial score (nSPS) is 21.0. The molecule has 4 heterocycles. The molecule has 3 aliphatic rings. The Balaban J connectivity index is 1.53. The number of likely N-dealkylation sites (tertiary alicyclic amines) is 1. The predicted octanol–water partition coefficient (Wildman–Crippen LogP) is 3.95. The number of primary amides is 2. The highest BCUT2D eigenvalue weighted by atomic mass is 32.2. The third-order valence-corrected chi connectivity index (χ3v) is 24.2. The van der Waals surface area contributed by atoms with E-state index < -0.39 is 236 Å². The number of thioether (sulfide) groups is 2. The van der Waals surface area contributed by atoms with Crippen LogP contribution in [-0.4, -0.2) is 245 Å². The predicted molar refractivity (Wildman–Crippen MR) is 465 cm³/mol. The zero-order valence-electron chi connectivity index (χ0n) is 73.1. The number of hydrogen-bond acceptors (Lipinski definition) is 23. The lowest BCUT2D eigenvalue weighted by Gasteiger charge is -2.30. The summed E-state index contributed by atoms with van der Waals surface area (Å²) in [6.07, 6.45) is 10.6. The van der Waals surface area contributed by atoms with Crippen molar-refractivity contribution in [3.8, 4) is 0 Å². The van der Waals surface area contributed by atoms with Gasteiger partial charge in [-0.15, -0.1) is 0 Å². The second-order valence-corrected chi connectivity index (χ2v) is 35.7. The molecule has 13 amide bonds. The first-order valence-electron chi connectivity index (χ1n) is 44.1. The molecule has 5 rings (SSSR count). The summed E-state index contributed by atoms with van der Waals surface area (Å²) in [6.45, 7) is 9.31. The van der Waals surface area contributed by atoms with Gasteiger partial charge in [-0.25, -0.2) is 9.97 Å². The molecular formula is C86H133N15O22S2. The number of aliphatic carboxylic acids is 3. The maximum absolute atomic E-state index is 15.2. The SMILES string of the molecule is CCCCCCCCCCCCCCCCCC(=O)NCCC(=O)N[C@@H](CC(C)C)C(=O)CC(CCC(N)=O)C(=O)N[C@H]1CSCc2nc3ccccc3nc2CSC[C@@H](C(=O)N[C@@H](CC(C)C)C(=O)N2CCC[C@H]2C(N)=O)NC(=O)[C@H](CCC(=O)O)NC(=O)CNC(=O)[C@H]([C@@H](C)O)NC(=O)[C@H](CCC(=O)O)CC(=O)[C@@H]2CCCN2C(=O)[C@H](CC(=O)O)NC1=O. The second-order valence-electron chi connectivity index (χ2n) is 33.6. The van der Waals surface area contributed by atoms with Gasteiger partial charge in [0.05, 0.1) is 53.6 Å². The molecule has 0 bridgehead atoms. The Morgan fingerprint density at radius 3 is 1.74 bits per heavy atom. The summed E-state index contributed by atoms with van der Waals surface area (Å²) in [6, 6.07) is -7.40. The monoisotopic (exact) mass is 1790 g/mol. The Kier molecular flexibility index (Phi) is 47.5. The van der Waals surface area contributed by atoms with E-state index >= 15 is 9.59 Å². The number of Topliss-reactive ketones (excluding diaryl/α,β-unsaturated/α-hetero) is 2. The number of carbonyl (C=O) groups is 18. The van der Waals surface area contributed by atoms with E-state index in [0.717, 1.165) is 61.0 Å². The van der Waals surface area contributed by atoms with Crippen LogP contribution in [0.25, 0.3) is 11.0 Å². The zero-order valence-corrected chi connectivity index (χ0v) is 74.7. The number of unbranched alkanes of at least 4 members (excludes halogenated alkanes) is 14. The van der Waals surface area contributed by atoms with Crippen LogP contribution in [0.1, 0.15) is 258 Å². The molecule has 0 spiro atoms. The number of ketones is 2. The van der Waals surface area contributed by atoms with E-state index in [4.69, 9.17) is 21.4 Å². The van der Waals surface area contributed by atoms with Crippen molar-refractivity contribution in [3.05, 3.63) is 35.7 Å². The van der Waals surface area contributed by atoms with Crippen molar-refractivity contribution >= 4 is 141 Å². The fraction of sp³-hybridized carbons (Fsp3) is 0.698. The first kappa shape index (κ1) is 106. The number of aromatic nitrogens is 2. The molecule has 12 atom stereocenters. The molecule has 696 valence electrons. The van der Waals surface area contributed by atoms with Crippen LogP contribution in [0.15, 0.2) is 24.3 Å². The molecule has 1 unspecified atom stereocenters. The van der Waals surface area contributed by atoms with Crippen LogP contribution in [0.5, 0.6) is 0 Å². The lowest BCUT2D eigenvalue weighted by atomic mass is 9.90. The highest BCUT2D eigenvalue weighted by Gasteiger charge is 2.43. The topological polar surface area (TPSA) is 581 Å². The Hall–Kier alpha value is -9.92. The summed E-state index contributed by atoms with van der Waals surface area (Å²) in [4.78, 5) is 261. The van der Waals surface area contributed by atoms with Crippen LogP contribution in [0.3, 0.4) is 0 Å². The van der Waals surface area contributed by atoms with Gasteiger partial charge in [-0.2, -0.15) is 23.5 Å². The van der Waals surface area contributed by atoms with E-state index in [1.165, 1.54) is 69.1 Å². The maximum Gasteiger partial charge on any atom is 0.305 e. The molecule has 2 saturated heterocycles. The van der Waals surface area contributed by atoms with Gasteiger partial charge in [-0.05, 0) is 95.1 Å². The van der Waals surface area contributed by atoms with Gasteiger partial charge in [0.2, 0.25) is 76.8 Å². The van der Waals surface area contributed by atoms with Gasteiger partial charge in [-0.3, -0.25) is 86.3 Å². The van der Waals surface area contributed by atoms with Crippen LogP contribution >= 0.6 is 23.5 Å². The van der Waals surface area contributed by atoms with Gasteiger partial charge >= 0.3 is 17.9 Å². The first-order chi connectivity index (χ1) is 59.5. The number of carbonyl (C=O) groups excluding carboxylic acids is 15. The Morgan fingerprint density at radius 1 is 0.600 bits per heavy atom. The molecule has 3 aliphatic heterocycles. The quantitative estimate of drug-likeness (QED) is 0.0417. The summed E-state index contributed by atoms with van der Waals surface area (Å²) in [5.41, 5.74) is 12.6. The van der Waals surface area contributed by atoms with E-state index in [1.807, 2.05) is 0 Å². The van der Waals surface area contributed by atoms with Crippen molar-refractivity contribution in [2.45, 2.75) is 319 Å². The van der Waals surface area contributed by atoms with Gasteiger partial charge in [0.15, 0.2) is 11.6 Å². The van der Waals surface area contributed by atoms with E-state index in [2.05, 4.69) is 54.8 Å². The minimum atomic E-state index is -2.00. The van der Waals surface area contributed by atoms with E-state index in [0.29, 0.717) is 23.9 Å². The van der Waals surface area contributed by atoms with Crippen molar-refractivity contribution in [1.29, 1.82) is 0 Å². The molecule has 0 aliphatic carbocycles. The van der Waals surface area contributed by atoms with Crippen molar-refractivity contribution in [2.24, 2.45) is 35.1 Å². The minimum absolute atomic E-state index is 0.0213. The number of aliphatic hydroxyl groups is 1. The smallest absolute Gasteiger partial charge is 0.305 e. The number of benzene rings is 1. The van der Waals surface area contributed by atoms with Crippen molar-refractivity contribution in [2.75, 3.05) is 37.7 Å². The summed E-state index contributed by atoms with van der Waals surface area (Å²) in [5.74, 6) is -22.6. The molecule has 1 aromatic carbocycles. The summed E-state index contributed by atoms with van der Waals surface area (Å²) >= 11 is 1.96. The number of nitrogens with one attached hydrogen (secondary N) is 9. The number of carboxylic acids is 3. The van der Waals surface area contributed by atoms with Gasteiger partial charge in [-0.1, -0.05) is 137 Å². The number of hydrogen-bond donors (Lipinski definition) is 15. The summed E-state index contributed by atoms with van der Waals surface area (Å²) < 4.78 is 0. The molecule has 1 aromatic heterocycles. The fourth-order valence-corrected chi connectivity index (χ4v) is 17.3. The van der Waals surface area contributed by atoms with E-state index in [9.17, 15) is 97.1 Å². The molecule has 17 N–H and O–H groups in total. The number of nitrogens with zero attached hydrogens (tertiary/aromatic N) is 4. The third-order valence-electron chi connectivity index (χ3n) is 22.1. The molecule has 0 saturated carbocycles. The molecule has 39 heteroatoms. The highest BCUT2D eigenvalue weighted by Crippen LogP contribution is 2.29. The number of fused-ring (bicyclic) bond motifs is 3. The molecule has 37 nitrogen and oxygen atoms in total. The Bertz CT molecular complexity index is 4000. The minimum Gasteiger partial charge on any atom is -0.481 e. The van der Waals surface area contributed by atoms with Crippen molar-refractivity contribution in [1.82, 2.24) is 67.6 Å². The van der Waals surface area contributed by atoms with E-state index in [1.54, 1.807) is 52.0 Å². The third kappa shape index (κ3) is 38.8. The number of rotatable bonds is 45. The van der Waals surface area contributed by atoms with Crippen LogP contribution in [0.4, 0.5) is 0 Å². The number of carboxylic acid groups (broad SMARTS) is 3. The highest BCUT2D eigenvalue weighted by molar-refractivity contribution is 7.98. The lowest BCUT2D eigenvalue weighted by Crippen LogP contribution is -2.59. The number of aliphatic hydroxyl groups excluding tert-OH is 1. The van der Waals surface area contributed by atoms with Gasteiger partial charge in [0, 0.05) is 99.4 Å². The fourth-order valence-electron chi connectivity index (χ4n) is 15.3. The zero-order chi connectivity index (χ0) is 92.2. The lowest BCUT2D eigenvalue weighted by molar-refractivity contribution is -0.146. The van der Waals surface area contributed by atoms with Crippen LogP contribution < -0.4 is 59.3 Å². The molecular weight excluding hydrogens is 1660 g/mol. The molecule has 125 heavy (non-hydrogen) atoms. The van der Waals surface area contributed by atoms with Gasteiger partial charge in [0.1, 0.15) is 42.3 Å². The van der Waals surface area contributed by atoms with Gasteiger partial charge in [0.25, 0.3) is 0 Å². The second kappa shape index (κ2) is 56.2. The van der Waals surface area contributed by atoms with Gasteiger partial charge < -0.3 is 89.5 Å². The average Bonchev–Trinajstić information content (AvgIpc) is 1.80. The Morgan fingerprint density at radius 2 is 1.18 bits per heavy atom. The molecule has 2 aromatic rings. The van der Waals surface area contributed by atoms with Crippen LogP contribution in [0, 0.1) is 23.7 Å². The number of nitrogens with two attached hydrogens (primary N) is 2. The first-order valence-corrected chi connectivity index (χ1v) is 46.4. The van der Waals surface area contributed by atoms with Crippen molar-refractivity contribution in [3.63, 3.8) is 0 Å². The average molecular weight is 1790 g/mol. The number of para-hydroxylation sites is 2. The van der Waals surface area contributed by atoms with Crippen LogP contribution in [-0.2, 0) is 97.8 Å². The van der Waals surface area contributed by atoms with E-state index in [-0.39, 0.29) is 117 Å². The molecule has 0 radical (unpaired) electrons. The summed E-state index contributed by atoms with van der Waals surface area (Å²) in [7, 11) is 0. The summed E-state index contributed by atoms with van der Waals surface area (Å²) in [5, 5.41) is 63.8.